The first-order valence-corrected chi connectivity index (χ1v) is 12.4. The molecule has 1 aliphatic rings. The fourth-order valence-corrected chi connectivity index (χ4v) is 4.25. The lowest BCUT2D eigenvalue weighted by molar-refractivity contribution is -0.159. The summed E-state index contributed by atoms with van der Waals surface area (Å²) in [5, 5.41) is 0. The van der Waals surface area contributed by atoms with Crippen LogP contribution in [0.2, 0.25) is 0 Å². The third-order valence-corrected chi connectivity index (χ3v) is 6.29. The molecule has 0 atom stereocenters. The van der Waals surface area contributed by atoms with Crippen LogP contribution < -0.4 is 4.74 Å². The van der Waals surface area contributed by atoms with Gasteiger partial charge in [0.2, 0.25) is 5.82 Å². The van der Waals surface area contributed by atoms with Crippen LogP contribution in [0.3, 0.4) is 0 Å². The minimum atomic E-state index is -0.988. The monoisotopic (exact) mass is 496 g/mol. The van der Waals surface area contributed by atoms with Crippen molar-refractivity contribution >= 4 is 0 Å². The second kappa shape index (κ2) is 12.2. The maximum Gasteiger partial charge on any atom is 0.201 e. The summed E-state index contributed by atoms with van der Waals surface area (Å²) < 4.78 is 60.9. The van der Waals surface area contributed by atoms with Crippen LogP contribution in [0.15, 0.2) is 66.7 Å². The molecule has 0 amide bonds. The largest absolute Gasteiger partial charge is 0.490 e. The molecule has 1 aliphatic heterocycles. The Hall–Kier alpha value is -3.09. The van der Waals surface area contributed by atoms with E-state index < -0.39 is 11.6 Å². The molecule has 3 nitrogen and oxygen atoms in total. The molecule has 0 bridgehead atoms. The molecule has 3 aromatic rings. The number of benzene rings is 3. The Morgan fingerprint density at radius 3 is 2.22 bits per heavy atom. The van der Waals surface area contributed by atoms with Gasteiger partial charge in [0.1, 0.15) is 5.82 Å². The summed E-state index contributed by atoms with van der Waals surface area (Å²) in [4.78, 5) is 0. The molecule has 190 valence electrons. The zero-order valence-electron chi connectivity index (χ0n) is 20.6. The van der Waals surface area contributed by atoms with E-state index >= 15 is 0 Å². The summed E-state index contributed by atoms with van der Waals surface area (Å²) in [7, 11) is 0. The predicted molar refractivity (Wildman–Crippen MR) is 135 cm³/mol. The van der Waals surface area contributed by atoms with E-state index in [0.29, 0.717) is 36.5 Å². The van der Waals surface area contributed by atoms with Crippen LogP contribution in [0.4, 0.5) is 13.2 Å². The van der Waals surface area contributed by atoms with Crippen LogP contribution >= 0.6 is 0 Å². The van der Waals surface area contributed by atoms with E-state index in [1.165, 1.54) is 18.2 Å². The molecular weight excluding hydrogens is 465 g/mol. The van der Waals surface area contributed by atoms with Gasteiger partial charge in [-0.1, -0.05) is 62.2 Å². The normalized spacial score (nSPS) is 18.0. The molecule has 0 unspecified atom stereocenters. The number of hydrogen-bond donors (Lipinski definition) is 0. The Morgan fingerprint density at radius 2 is 1.56 bits per heavy atom. The summed E-state index contributed by atoms with van der Waals surface area (Å²) in [6.45, 7) is 5.06. The highest BCUT2D eigenvalue weighted by Gasteiger charge is 2.24. The second-order valence-electron chi connectivity index (χ2n) is 8.87. The standard InChI is InChI=1S/C30H31F3O3/c1-3-5-6-16-34-27-15-14-25(29(32)30(27)33)21-10-8-20(9-11-21)22-12-13-24(26(31)17-22)23-18-35-28(7-4-2)36-19-23/h4,7-15,17,23,28H,3,5-6,16,18-19H2,1-2H3/b7-4+. The molecule has 1 saturated heterocycles. The van der Waals surface area contributed by atoms with Crippen molar-refractivity contribution < 1.29 is 27.4 Å². The first-order chi connectivity index (χ1) is 17.5. The van der Waals surface area contributed by atoms with E-state index in [2.05, 4.69) is 6.92 Å². The van der Waals surface area contributed by atoms with Crippen molar-refractivity contribution in [2.24, 2.45) is 0 Å². The molecule has 0 radical (unpaired) electrons. The van der Waals surface area contributed by atoms with Crippen LogP contribution in [0, 0.1) is 17.5 Å². The molecule has 0 N–H and O–H groups in total. The van der Waals surface area contributed by atoms with Crippen molar-refractivity contribution in [3.05, 3.63) is 89.8 Å². The molecule has 3 aromatic carbocycles. The highest BCUT2D eigenvalue weighted by molar-refractivity contribution is 5.71. The Labute approximate surface area is 210 Å². The summed E-state index contributed by atoms with van der Waals surface area (Å²) in [5.74, 6) is -2.52. The lowest BCUT2D eigenvalue weighted by atomic mass is 9.95. The van der Waals surface area contributed by atoms with Gasteiger partial charge in [-0.3, -0.25) is 0 Å². The number of ether oxygens (including phenoxy) is 3. The van der Waals surface area contributed by atoms with Gasteiger partial charge in [-0.15, -0.1) is 0 Å². The van der Waals surface area contributed by atoms with E-state index in [9.17, 15) is 13.2 Å². The Morgan fingerprint density at radius 1 is 0.861 bits per heavy atom. The van der Waals surface area contributed by atoms with Crippen LogP contribution in [0.1, 0.15) is 44.6 Å². The van der Waals surface area contributed by atoms with Crippen molar-refractivity contribution in [1.82, 2.24) is 0 Å². The van der Waals surface area contributed by atoms with Crippen molar-refractivity contribution in [2.45, 2.75) is 45.3 Å². The summed E-state index contributed by atoms with van der Waals surface area (Å²) >= 11 is 0. The quantitative estimate of drug-likeness (QED) is 0.222. The molecule has 0 saturated carbocycles. The smallest absolute Gasteiger partial charge is 0.201 e. The third kappa shape index (κ3) is 6.00. The maximum absolute atomic E-state index is 14.9. The second-order valence-corrected chi connectivity index (χ2v) is 8.87. The first kappa shape index (κ1) is 26.0. The zero-order chi connectivity index (χ0) is 25.5. The van der Waals surface area contributed by atoms with E-state index in [4.69, 9.17) is 14.2 Å². The average Bonchev–Trinajstić information content (AvgIpc) is 2.90. The fourth-order valence-electron chi connectivity index (χ4n) is 4.25. The highest BCUT2D eigenvalue weighted by atomic mass is 19.2. The molecule has 0 spiro atoms. The molecule has 1 fully saturated rings. The lowest BCUT2D eigenvalue weighted by Gasteiger charge is -2.28. The molecule has 36 heavy (non-hydrogen) atoms. The van der Waals surface area contributed by atoms with Crippen molar-refractivity contribution in [3.8, 4) is 28.0 Å². The highest BCUT2D eigenvalue weighted by Crippen LogP contribution is 2.33. The van der Waals surface area contributed by atoms with Gasteiger partial charge in [0, 0.05) is 11.5 Å². The number of allylic oxidation sites excluding steroid dienone is 1. The van der Waals surface area contributed by atoms with Gasteiger partial charge in [0.25, 0.3) is 0 Å². The fraction of sp³-hybridized carbons (Fsp3) is 0.333. The van der Waals surface area contributed by atoms with E-state index in [1.807, 2.05) is 25.1 Å². The first-order valence-electron chi connectivity index (χ1n) is 12.4. The lowest BCUT2D eigenvalue weighted by Crippen LogP contribution is -2.29. The molecular formula is C30H31F3O3. The molecule has 4 rings (SSSR count). The zero-order valence-corrected chi connectivity index (χ0v) is 20.6. The number of unbranched alkanes of at least 4 members (excludes halogenated alkanes) is 2. The van der Waals surface area contributed by atoms with Crippen molar-refractivity contribution in [3.63, 3.8) is 0 Å². The minimum absolute atomic E-state index is 0.0781. The topological polar surface area (TPSA) is 27.7 Å². The minimum Gasteiger partial charge on any atom is -0.490 e. The van der Waals surface area contributed by atoms with Crippen LogP contribution in [-0.2, 0) is 9.47 Å². The third-order valence-electron chi connectivity index (χ3n) is 6.29. The number of hydrogen-bond acceptors (Lipinski definition) is 3. The van der Waals surface area contributed by atoms with Gasteiger partial charge >= 0.3 is 0 Å². The van der Waals surface area contributed by atoms with Gasteiger partial charge in [-0.25, -0.2) is 8.78 Å². The van der Waals surface area contributed by atoms with Crippen molar-refractivity contribution in [2.75, 3.05) is 19.8 Å². The SMILES string of the molecule is C/C=C/C1OCC(c2ccc(-c3ccc(-c4ccc(OCCCCC)c(F)c4F)cc3)cc2F)CO1. The average molecular weight is 497 g/mol. The van der Waals surface area contributed by atoms with Gasteiger partial charge < -0.3 is 14.2 Å². The Balaban J connectivity index is 1.46. The Kier molecular flexibility index (Phi) is 8.83. The van der Waals surface area contributed by atoms with Gasteiger partial charge in [0.05, 0.1) is 19.8 Å². The predicted octanol–water partition coefficient (Wildman–Crippen LogP) is 8.04. The molecule has 6 heteroatoms. The number of rotatable bonds is 9. The van der Waals surface area contributed by atoms with E-state index in [-0.39, 0.29) is 29.3 Å². The van der Waals surface area contributed by atoms with Gasteiger partial charge in [-0.2, -0.15) is 4.39 Å². The summed E-state index contributed by atoms with van der Waals surface area (Å²) in [6.07, 6.45) is 6.07. The van der Waals surface area contributed by atoms with Crippen molar-refractivity contribution in [1.29, 1.82) is 0 Å². The van der Waals surface area contributed by atoms with Crippen LogP contribution in [-0.4, -0.2) is 26.1 Å². The van der Waals surface area contributed by atoms with Crippen LogP contribution in [0.25, 0.3) is 22.3 Å². The Bertz CT molecular complexity index is 1180. The van der Waals surface area contributed by atoms with Crippen LogP contribution in [0.5, 0.6) is 5.75 Å². The molecule has 0 aliphatic carbocycles. The molecule has 0 aromatic heterocycles. The van der Waals surface area contributed by atoms with Gasteiger partial charge in [0.15, 0.2) is 17.9 Å². The summed E-state index contributed by atoms with van der Waals surface area (Å²) in [5.41, 5.74) is 2.68. The maximum atomic E-state index is 14.9. The van der Waals surface area contributed by atoms with E-state index in [1.54, 1.807) is 30.3 Å². The van der Waals surface area contributed by atoms with E-state index in [0.717, 1.165) is 24.8 Å². The molecule has 1 heterocycles. The number of halogens is 3. The summed E-state index contributed by atoms with van der Waals surface area (Å²) in [6, 6.07) is 15.0. The van der Waals surface area contributed by atoms with Gasteiger partial charge in [-0.05, 0) is 59.9 Å².